The van der Waals surface area contributed by atoms with Gasteiger partial charge in [0.15, 0.2) is 0 Å². The van der Waals surface area contributed by atoms with Crippen LogP contribution in [0.15, 0.2) is 18.2 Å². The highest BCUT2D eigenvalue weighted by Gasteiger charge is 2.25. The number of halogens is 2. The lowest BCUT2D eigenvalue weighted by Crippen LogP contribution is -2.38. The molecule has 0 saturated carbocycles. The van der Waals surface area contributed by atoms with Crippen molar-refractivity contribution in [2.75, 3.05) is 0 Å². The van der Waals surface area contributed by atoms with Crippen molar-refractivity contribution in [1.82, 2.24) is 0 Å². The van der Waals surface area contributed by atoms with E-state index in [1.54, 1.807) is 13.8 Å². The van der Waals surface area contributed by atoms with Gasteiger partial charge in [0.1, 0.15) is 23.3 Å². The maximum absolute atomic E-state index is 13.0. The van der Waals surface area contributed by atoms with Crippen LogP contribution in [-0.2, 0) is 16.0 Å². The van der Waals surface area contributed by atoms with E-state index in [0.717, 1.165) is 6.07 Å². The molecule has 1 atom stereocenters. The molecule has 1 aromatic carbocycles. The van der Waals surface area contributed by atoms with Gasteiger partial charge >= 0.3 is 5.97 Å². The van der Waals surface area contributed by atoms with Gasteiger partial charge in [-0.3, -0.25) is 4.79 Å². The molecule has 1 unspecified atom stereocenters. The Balaban J connectivity index is 2.78. The molecular weight excluding hydrogens is 240 g/mol. The van der Waals surface area contributed by atoms with Crippen molar-refractivity contribution in [2.24, 2.45) is 5.73 Å². The SMILES string of the molecule is CC(N)C(=O)OC(C)(C)Cc1cc(F)cc(F)c1. The fraction of sp³-hybridized carbons (Fsp3) is 0.462. The molecule has 0 aliphatic rings. The average Bonchev–Trinajstić information content (AvgIpc) is 2.13. The molecule has 0 fully saturated rings. The van der Waals surface area contributed by atoms with Crippen molar-refractivity contribution in [1.29, 1.82) is 0 Å². The Hall–Kier alpha value is -1.49. The van der Waals surface area contributed by atoms with Crippen molar-refractivity contribution in [3.8, 4) is 0 Å². The second-order valence-corrected chi connectivity index (χ2v) is 4.92. The second-order valence-electron chi connectivity index (χ2n) is 4.92. The Labute approximate surface area is 105 Å². The van der Waals surface area contributed by atoms with E-state index in [1.807, 2.05) is 0 Å². The maximum Gasteiger partial charge on any atom is 0.323 e. The Morgan fingerprint density at radius 2 is 1.83 bits per heavy atom. The topological polar surface area (TPSA) is 52.3 Å². The zero-order valence-electron chi connectivity index (χ0n) is 10.7. The quantitative estimate of drug-likeness (QED) is 0.841. The number of carbonyl (C=O) groups excluding carboxylic acids is 1. The van der Waals surface area contributed by atoms with Crippen LogP contribution < -0.4 is 5.73 Å². The molecule has 3 nitrogen and oxygen atoms in total. The molecule has 1 aromatic rings. The summed E-state index contributed by atoms with van der Waals surface area (Å²) in [5.74, 6) is -1.85. The standard InChI is InChI=1S/C13H17F2NO2/c1-8(16)12(17)18-13(2,3)7-9-4-10(14)6-11(15)5-9/h4-6,8H,7,16H2,1-3H3. The third-order valence-electron chi connectivity index (χ3n) is 2.30. The van der Waals surface area contributed by atoms with Gasteiger partial charge in [-0.2, -0.15) is 0 Å². The summed E-state index contributed by atoms with van der Waals surface area (Å²) in [6.07, 6.45) is 0.208. The van der Waals surface area contributed by atoms with Gasteiger partial charge in [-0.1, -0.05) is 0 Å². The monoisotopic (exact) mass is 257 g/mol. The number of rotatable bonds is 4. The Bertz CT molecular complexity index is 424. The lowest BCUT2D eigenvalue weighted by molar-refractivity contribution is -0.157. The predicted molar refractivity (Wildman–Crippen MR) is 63.9 cm³/mol. The van der Waals surface area contributed by atoms with Gasteiger partial charge in [0.05, 0.1) is 0 Å². The summed E-state index contributed by atoms with van der Waals surface area (Å²) in [6.45, 7) is 4.84. The Kier molecular flexibility index (Phi) is 4.40. The zero-order valence-corrected chi connectivity index (χ0v) is 10.7. The Morgan fingerprint density at radius 1 is 1.33 bits per heavy atom. The van der Waals surface area contributed by atoms with Crippen LogP contribution in [-0.4, -0.2) is 17.6 Å². The number of esters is 1. The summed E-state index contributed by atoms with van der Waals surface area (Å²) in [6, 6.07) is 2.49. The first-order valence-corrected chi connectivity index (χ1v) is 5.63. The molecule has 0 aromatic heterocycles. The van der Waals surface area contributed by atoms with Crippen LogP contribution in [0.4, 0.5) is 8.78 Å². The van der Waals surface area contributed by atoms with Gasteiger partial charge in [0, 0.05) is 12.5 Å². The number of carbonyl (C=O) groups is 1. The number of hydrogen-bond donors (Lipinski definition) is 1. The summed E-state index contributed by atoms with van der Waals surface area (Å²) < 4.78 is 31.2. The first-order chi connectivity index (χ1) is 8.19. The summed E-state index contributed by atoms with van der Waals surface area (Å²) >= 11 is 0. The fourth-order valence-electron chi connectivity index (χ4n) is 1.61. The van der Waals surface area contributed by atoms with Gasteiger partial charge in [-0.25, -0.2) is 8.78 Å². The predicted octanol–water partition coefficient (Wildman–Crippen LogP) is 2.18. The molecule has 0 aliphatic carbocycles. The van der Waals surface area contributed by atoms with E-state index in [-0.39, 0.29) is 6.42 Å². The first kappa shape index (κ1) is 14.6. The minimum atomic E-state index is -0.870. The van der Waals surface area contributed by atoms with Crippen LogP contribution in [0, 0.1) is 11.6 Å². The van der Waals surface area contributed by atoms with Crippen molar-refractivity contribution in [3.63, 3.8) is 0 Å². The summed E-state index contributed by atoms with van der Waals surface area (Å²) in [5.41, 5.74) is 4.95. The van der Waals surface area contributed by atoms with Crippen LogP contribution in [0.3, 0.4) is 0 Å². The molecule has 0 bridgehead atoms. The van der Waals surface area contributed by atoms with E-state index < -0.39 is 29.2 Å². The molecule has 0 spiro atoms. The molecule has 5 heteroatoms. The maximum atomic E-state index is 13.0. The second kappa shape index (κ2) is 5.44. The number of ether oxygens (including phenoxy) is 1. The summed E-state index contributed by atoms with van der Waals surface area (Å²) in [5, 5.41) is 0. The number of nitrogens with two attached hydrogens (primary N) is 1. The molecule has 0 radical (unpaired) electrons. The van der Waals surface area contributed by atoms with Gasteiger partial charge in [-0.15, -0.1) is 0 Å². The number of benzene rings is 1. The summed E-state index contributed by atoms with van der Waals surface area (Å²) in [4.78, 5) is 11.4. The smallest absolute Gasteiger partial charge is 0.323 e. The largest absolute Gasteiger partial charge is 0.458 e. The van der Waals surface area contributed by atoms with E-state index in [9.17, 15) is 13.6 Å². The molecular formula is C13H17F2NO2. The lowest BCUT2D eigenvalue weighted by Gasteiger charge is -2.26. The average molecular weight is 257 g/mol. The van der Waals surface area contributed by atoms with E-state index in [4.69, 9.17) is 10.5 Å². The highest BCUT2D eigenvalue weighted by molar-refractivity contribution is 5.75. The zero-order chi connectivity index (χ0) is 13.9. The molecule has 1 rings (SSSR count). The minimum Gasteiger partial charge on any atom is -0.458 e. The van der Waals surface area contributed by atoms with Gasteiger partial charge in [0.25, 0.3) is 0 Å². The van der Waals surface area contributed by atoms with Crippen LogP contribution in [0.1, 0.15) is 26.3 Å². The third-order valence-corrected chi connectivity index (χ3v) is 2.30. The van der Waals surface area contributed by atoms with Crippen molar-refractivity contribution in [3.05, 3.63) is 35.4 Å². The van der Waals surface area contributed by atoms with Crippen molar-refractivity contribution >= 4 is 5.97 Å². The van der Waals surface area contributed by atoms with E-state index in [0.29, 0.717) is 5.56 Å². The molecule has 0 heterocycles. The molecule has 100 valence electrons. The van der Waals surface area contributed by atoms with E-state index >= 15 is 0 Å². The molecule has 0 saturated heterocycles. The third kappa shape index (κ3) is 4.41. The fourth-order valence-corrected chi connectivity index (χ4v) is 1.61. The van der Waals surface area contributed by atoms with E-state index in [1.165, 1.54) is 19.1 Å². The lowest BCUT2D eigenvalue weighted by atomic mass is 9.98. The van der Waals surface area contributed by atoms with Crippen molar-refractivity contribution < 1.29 is 18.3 Å². The number of hydrogen-bond acceptors (Lipinski definition) is 3. The van der Waals surface area contributed by atoms with Crippen LogP contribution in [0.2, 0.25) is 0 Å². The molecule has 0 aliphatic heterocycles. The van der Waals surface area contributed by atoms with Crippen LogP contribution in [0.5, 0.6) is 0 Å². The minimum absolute atomic E-state index is 0.208. The normalized spacial score (nSPS) is 13.2. The van der Waals surface area contributed by atoms with Gasteiger partial charge in [0.2, 0.25) is 0 Å². The van der Waals surface area contributed by atoms with Crippen LogP contribution in [0.25, 0.3) is 0 Å². The highest BCUT2D eigenvalue weighted by Crippen LogP contribution is 2.19. The first-order valence-electron chi connectivity index (χ1n) is 5.63. The van der Waals surface area contributed by atoms with E-state index in [2.05, 4.69) is 0 Å². The highest BCUT2D eigenvalue weighted by atomic mass is 19.1. The van der Waals surface area contributed by atoms with Gasteiger partial charge in [-0.05, 0) is 38.5 Å². The summed E-state index contributed by atoms with van der Waals surface area (Å²) in [7, 11) is 0. The van der Waals surface area contributed by atoms with Crippen LogP contribution >= 0.6 is 0 Å². The molecule has 18 heavy (non-hydrogen) atoms. The van der Waals surface area contributed by atoms with Gasteiger partial charge < -0.3 is 10.5 Å². The Morgan fingerprint density at radius 3 is 2.28 bits per heavy atom. The molecule has 2 N–H and O–H groups in total. The van der Waals surface area contributed by atoms with Crippen molar-refractivity contribution in [2.45, 2.75) is 38.8 Å². The molecule has 0 amide bonds.